The molecule has 5 nitrogen and oxygen atoms in total. The van der Waals surface area contributed by atoms with Gasteiger partial charge in [0, 0.05) is 5.02 Å². The number of nitrogens with one attached hydrogen (secondary N) is 1. The summed E-state index contributed by atoms with van der Waals surface area (Å²) in [7, 11) is -4.00. The van der Waals surface area contributed by atoms with Gasteiger partial charge in [0.15, 0.2) is 0 Å². The Labute approximate surface area is 201 Å². The second kappa shape index (κ2) is 10.9. The number of hydrogen-bond donors (Lipinski definition) is 1. The molecule has 1 amide bonds. The summed E-state index contributed by atoms with van der Waals surface area (Å²) in [5.74, 6) is -0.0433. The van der Waals surface area contributed by atoms with E-state index in [1.165, 1.54) is 12.1 Å². The number of benzene rings is 3. The highest BCUT2D eigenvalue weighted by Gasteiger charge is 2.29. The Morgan fingerprint density at radius 3 is 2.15 bits per heavy atom. The summed E-state index contributed by atoms with van der Waals surface area (Å²) in [5, 5.41) is 3.48. The zero-order valence-electron chi connectivity index (χ0n) is 19.0. The van der Waals surface area contributed by atoms with Crippen LogP contribution >= 0.6 is 11.6 Å². The molecule has 174 valence electrons. The van der Waals surface area contributed by atoms with E-state index in [4.69, 9.17) is 11.6 Å². The summed E-state index contributed by atoms with van der Waals surface area (Å²) in [6.07, 6.45) is 0.734. The Kier molecular flexibility index (Phi) is 8.16. The number of sulfonamides is 1. The molecular weight excluding hydrogens is 456 g/mol. The number of amides is 1. The van der Waals surface area contributed by atoms with Crippen LogP contribution in [0.2, 0.25) is 5.02 Å². The number of carbonyl (C=O) groups excluding carboxylic acids is 1. The molecule has 0 spiro atoms. The Bertz CT molecular complexity index is 1180. The fraction of sp³-hybridized carbons (Fsp3) is 0.269. The molecule has 0 saturated heterocycles. The van der Waals surface area contributed by atoms with Gasteiger partial charge in [0.05, 0.1) is 16.6 Å². The van der Waals surface area contributed by atoms with E-state index in [9.17, 15) is 13.2 Å². The van der Waals surface area contributed by atoms with Crippen molar-refractivity contribution in [1.82, 2.24) is 5.32 Å². The minimum atomic E-state index is -4.00. The van der Waals surface area contributed by atoms with Gasteiger partial charge in [0.1, 0.15) is 6.54 Å². The van der Waals surface area contributed by atoms with Gasteiger partial charge in [-0.3, -0.25) is 9.10 Å². The molecule has 0 bridgehead atoms. The first-order valence-electron chi connectivity index (χ1n) is 10.9. The first-order valence-corrected chi connectivity index (χ1v) is 12.7. The Balaban J connectivity index is 1.96. The van der Waals surface area contributed by atoms with Gasteiger partial charge in [-0.2, -0.15) is 0 Å². The van der Waals surface area contributed by atoms with Crippen LogP contribution in [0.25, 0.3) is 0 Å². The molecule has 1 atom stereocenters. The minimum absolute atomic E-state index is 0.110. The van der Waals surface area contributed by atoms with Crippen LogP contribution in [0.5, 0.6) is 0 Å². The monoisotopic (exact) mass is 484 g/mol. The standard InChI is InChI=1S/C26H29ClN2O3S/c1-19(2)17-24(21-11-6-4-7-12-21)28-26(30)18-29(25-16-10-15-23(27)20(25)3)33(31,32)22-13-8-5-9-14-22/h4-16,19,24H,17-18H2,1-3H3,(H,28,30)/t24-/m0/s1. The van der Waals surface area contributed by atoms with Crippen LogP contribution in [0.15, 0.2) is 83.8 Å². The van der Waals surface area contributed by atoms with Crippen molar-refractivity contribution in [2.75, 3.05) is 10.8 Å². The van der Waals surface area contributed by atoms with Crippen LogP contribution < -0.4 is 9.62 Å². The van der Waals surface area contributed by atoms with Crippen LogP contribution in [0, 0.1) is 12.8 Å². The lowest BCUT2D eigenvalue weighted by Gasteiger charge is -2.28. The Hall–Kier alpha value is -2.83. The highest BCUT2D eigenvalue weighted by atomic mass is 35.5. The highest BCUT2D eigenvalue weighted by molar-refractivity contribution is 7.92. The van der Waals surface area contributed by atoms with Gasteiger partial charge in [0.25, 0.3) is 10.0 Å². The van der Waals surface area contributed by atoms with Crippen molar-refractivity contribution in [3.8, 4) is 0 Å². The van der Waals surface area contributed by atoms with E-state index in [1.54, 1.807) is 43.3 Å². The smallest absolute Gasteiger partial charge is 0.264 e. The lowest BCUT2D eigenvalue weighted by atomic mass is 9.97. The third kappa shape index (κ3) is 6.15. The van der Waals surface area contributed by atoms with Crippen molar-refractivity contribution >= 4 is 33.2 Å². The molecule has 0 saturated carbocycles. The summed E-state index contributed by atoms with van der Waals surface area (Å²) >= 11 is 6.29. The van der Waals surface area contributed by atoms with E-state index in [1.807, 2.05) is 30.3 Å². The van der Waals surface area contributed by atoms with Gasteiger partial charge in [-0.05, 0) is 54.7 Å². The number of anilines is 1. The normalized spacial score (nSPS) is 12.4. The first-order chi connectivity index (χ1) is 15.7. The van der Waals surface area contributed by atoms with Crippen molar-refractivity contribution in [2.45, 2.75) is 38.1 Å². The largest absolute Gasteiger partial charge is 0.348 e. The molecule has 0 unspecified atom stereocenters. The second-order valence-corrected chi connectivity index (χ2v) is 10.6. The van der Waals surface area contributed by atoms with Crippen molar-refractivity contribution in [3.63, 3.8) is 0 Å². The Morgan fingerprint density at radius 2 is 1.55 bits per heavy atom. The molecule has 0 aliphatic carbocycles. The number of carbonyl (C=O) groups is 1. The number of rotatable bonds is 9. The zero-order valence-corrected chi connectivity index (χ0v) is 20.6. The second-order valence-electron chi connectivity index (χ2n) is 8.37. The third-order valence-corrected chi connectivity index (χ3v) is 7.55. The predicted molar refractivity (Wildman–Crippen MR) is 134 cm³/mol. The molecule has 3 rings (SSSR count). The fourth-order valence-corrected chi connectivity index (χ4v) is 5.36. The van der Waals surface area contributed by atoms with Gasteiger partial charge in [0.2, 0.25) is 5.91 Å². The zero-order chi connectivity index (χ0) is 24.0. The maximum atomic E-state index is 13.6. The maximum Gasteiger partial charge on any atom is 0.264 e. The first kappa shape index (κ1) is 24.8. The van der Waals surface area contributed by atoms with Gasteiger partial charge in [-0.15, -0.1) is 0 Å². The van der Waals surface area contributed by atoms with E-state index < -0.39 is 10.0 Å². The van der Waals surface area contributed by atoms with E-state index in [0.717, 1.165) is 16.3 Å². The topological polar surface area (TPSA) is 66.5 Å². The van der Waals surface area contributed by atoms with Gasteiger partial charge in [-0.25, -0.2) is 8.42 Å². The molecule has 1 N–H and O–H groups in total. The molecule has 7 heteroatoms. The van der Waals surface area contributed by atoms with Crippen LogP contribution in [-0.2, 0) is 14.8 Å². The molecule has 0 fully saturated rings. The van der Waals surface area contributed by atoms with E-state index in [0.29, 0.717) is 22.2 Å². The average molecular weight is 485 g/mol. The molecule has 0 aliphatic heterocycles. The SMILES string of the molecule is Cc1c(Cl)cccc1N(CC(=O)N[C@@H](CC(C)C)c1ccccc1)S(=O)(=O)c1ccccc1. The van der Waals surface area contributed by atoms with Gasteiger partial charge < -0.3 is 5.32 Å². The lowest BCUT2D eigenvalue weighted by molar-refractivity contribution is -0.120. The third-order valence-electron chi connectivity index (χ3n) is 5.37. The van der Waals surface area contributed by atoms with Gasteiger partial charge >= 0.3 is 0 Å². The average Bonchev–Trinajstić information content (AvgIpc) is 2.80. The molecule has 33 heavy (non-hydrogen) atoms. The number of hydrogen-bond acceptors (Lipinski definition) is 3. The summed E-state index contributed by atoms with van der Waals surface area (Å²) < 4.78 is 28.3. The minimum Gasteiger partial charge on any atom is -0.348 e. The van der Waals surface area contributed by atoms with Crippen molar-refractivity contribution in [3.05, 3.63) is 95.0 Å². The van der Waals surface area contributed by atoms with Crippen molar-refractivity contribution < 1.29 is 13.2 Å². The van der Waals surface area contributed by atoms with E-state index in [-0.39, 0.29) is 23.4 Å². The van der Waals surface area contributed by atoms with Gasteiger partial charge in [-0.1, -0.05) is 80.0 Å². The number of halogens is 1. The molecule has 3 aromatic carbocycles. The van der Waals surface area contributed by atoms with Crippen LogP contribution in [0.1, 0.15) is 37.4 Å². The lowest BCUT2D eigenvalue weighted by Crippen LogP contribution is -2.42. The molecule has 0 heterocycles. The predicted octanol–water partition coefficient (Wildman–Crippen LogP) is 5.75. The molecular formula is C26H29ClN2O3S. The summed E-state index contributed by atoms with van der Waals surface area (Å²) in [6.45, 7) is 5.56. The van der Waals surface area contributed by atoms with Crippen LogP contribution in [-0.4, -0.2) is 20.9 Å². The summed E-state index contributed by atoms with van der Waals surface area (Å²) in [5.41, 5.74) is 1.95. The highest BCUT2D eigenvalue weighted by Crippen LogP contribution is 2.31. The quantitative estimate of drug-likeness (QED) is 0.420. The molecule has 0 radical (unpaired) electrons. The fourth-order valence-electron chi connectivity index (χ4n) is 3.69. The maximum absolute atomic E-state index is 13.6. The molecule has 0 aromatic heterocycles. The summed E-state index contributed by atoms with van der Waals surface area (Å²) in [4.78, 5) is 13.3. The van der Waals surface area contributed by atoms with E-state index >= 15 is 0 Å². The molecule has 3 aromatic rings. The Morgan fingerprint density at radius 1 is 0.939 bits per heavy atom. The van der Waals surface area contributed by atoms with Crippen molar-refractivity contribution in [2.24, 2.45) is 5.92 Å². The van der Waals surface area contributed by atoms with Crippen LogP contribution in [0.3, 0.4) is 0 Å². The van der Waals surface area contributed by atoms with Crippen LogP contribution in [0.4, 0.5) is 5.69 Å². The summed E-state index contributed by atoms with van der Waals surface area (Å²) in [6, 6.07) is 22.6. The van der Waals surface area contributed by atoms with Crippen molar-refractivity contribution in [1.29, 1.82) is 0 Å². The van der Waals surface area contributed by atoms with E-state index in [2.05, 4.69) is 19.2 Å². The molecule has 0 aliphatic rings. The number of nitrogens with zero attached hydrogens (tertiary/aromatic N) is 1.